The van der Waals surface area contributed by atoms with Gasteiger partial charge >= 0.3 is 0 Å². The lowest BCUT2D eigenvalue weighted by Gasteiger charge is -2.34. The number of imidazole rings is 1. The number of hydrogen-bond donors (Lipinski definition) is 0. The van der Waals surface area contributed by atoms with E-state index in [1.54, 1.807) is 34.2 Å². The van der Waals surface area contributed by atoms with Gasteiger partial charge in [-0.3, -0.25) is 9.59 Å². The van der Waals surface area contributed by atoms with E-state index in [-0.39, 0.29) is 11.8 Å². The molecule has 1 aliphatic heterocycles. The Balaban J connectivity index is 1.47. The van der Waals surface area contributed by atoms with Crippen LogP contribution >= 0.6 is 0 Å². The lowest BCUT2D eigenvalue weighted by molar-refractivity contribution is 0.0519. The molecule has 1 aliphatic rings. The van der Waals surface area contributed by atoms with Crippen molar-refractivity contribution in [3.8, 4) is 0 Å². The van der Waals surface area contributed by atoms with Crippen LogP contribution < -0.4 is 0 Å². The Morgan fingerprint density at radius 3 is 2.42 bits per heavy atom. The van der Waals surface area contributed by atoms with E-state index in [2.05, 4.69) is 4.98 Å². The van der Waals surface area contributed by atoms with Crippen LogP contribution in [0, 0.1) is 0 Å². The molecule has 0 spiro atoms. The molecule has 4 rings (SSSR count). The average Bonchev–Trinajstić information content (AvgIpc) is 3.31. The Hall–Kier alpha value is -3.09. The summed E-state index contributed by atoms with van der Waals surface area (Å²) >= 11 is 0. The second-order valence-corrected chi connectivity index (χ2v) is 5.64. The zero-order valence-corrected chi connectivity index (χ0v) is 13.0. The minimum absolute atomic E-state index is 0.0584. The highest BCUT2D eigenvalue weighted by Gasteiger charge is 2.27. The van der Waals surface area contributed by atoms with E-state index < -0.39 is 0 Å². The Labute approximate surface area is 138 Å². The van der Waals surface area contributed by atoms with Crippen molar-refractivity contribution in [2.24, 2.45) is 0 Å². The Morgan fingerprint density at radius 2 is 1.71 bits per heavy atom. The largest absolute Gasteiger partial charge is 0.459 e. The quantitative estimate of drug-likeness (QED) is 0.717. The minimum atomic E-state index is -0.137. The number of piperazine rings is 1. The summed E-state index contributed by atoms with van der Waals surface area (Å²) in [6.45, 7) is 1.96. The molecular formula is C17H16N4O3. The maximum absolute atomic E-state index is 12.8. The molecule has 7 nitrogen and oxygen atoms in total. The number of aromatic nitrogens is 2. The lowest BCUT2D eigenvalue weighted by Crippen LogP contribution is -2.50. The van der Waals surface area contributed by atoms with Gasteiger partial charge in [0.25, 0.3) is 11.8 Å². The topological polar surface area (TPSA) is 71.1 Å². The third kappa shape index (κ3) is 2.44. The van der Waals surface area contributed by atoms with Crippen LogP contribution in [0.3, 0.4) is 0 Å². The van der Waals surface area contributed by atoms with Crippen molar-refractivity contribution in [2.75, 3.05) is 26.2 Å². The van der Waals surface area contributed by atoms with E-state index in [1.165, 1.54) is 6.26 Å². The monoisotopic (exact) mass is 324 g/mol. The van der Waals surface area contributed by atoms with Crippen molar-refractivity contribution in [2.45, 2.75) is 0 Å². The molecule has 1 saturated heterocycles. The summed E-state index contributed by atoms with van der Waals surface area (Å²) in [5, 5.41) is 0. The van der Waals surface area contributed by atoms with Crippen LogP contribution in [0.2, 0.25) is 0 Å². The highest BCUT2D eigenvalue weighted by molar-refractivity contribution is 6.00. The fraction of sp³-hybridized carbons (Fsp3) is 0.235. The summed E-state index contributed by atoms with van der Waals surface area (Å²) in [6.07, 6.45) is 6.83. The lowest BCUT2D eigenvalue weighted by atomic mass is 10.2. The van der Waals surface area contributed by atoms with Crippen LogP contribution in [-0.2, 0) is 0 Å². The second kappa shape index (κ2) is 5.84. The van der Waals surface area contributed by atoms with Crippen molar-refractivity contribution in [3.63, 3.8) is 0 Å². The van der Waals surface area contributed by atoms with E-state index in [0.29, 0.717) is 43.1 Å². The predicted molar refractivity (Wildman–Crippen MR) is 85.7 cm³/mol. The van der Waals surface area contributed by atoms with Gasteiger partial charge in [0, 0.05) is 44.8 Å². The number of furan rings is 1. The van der Waals surface area contributed by atoms with Crippen molar-refractivity contribution >= 4 is 17.5 Å². The fourth-order valence-corrected chi connectivity index (χ4v) is 2.95. The van der Waals surface area contributed by atoms with Gasteiger partial charge in [-0.15, -0.1) is 0 Å². The number of amides is 2. The van der Waals surface area contributed by atoms with Crippen LogP contribution in [-0.4, -0.2) is 57.2 Å². The predicted octanol–water partition coefficient (Wildman–Crippen LogP) is 1.53. The molecule has 0 N–H and O–H groups in total. The van der Waals surface area contributed by atoms with Gasteiger partial charge in [0.1, 0.15) is 5.65 Å². The number of hydrogen-bond acceptors (Lipinski definition) is 4. The molecule has 122 valence electrons. The maximum Gasteiger partial charge on any atom is 0.289 e. The summed E-state index contributed by atoms with van der Waals surface area (Å²) in [4.78, 5) is 32.7. The first kappa shape index (κ1) is 14.5. The molecule has 0 aliphatic carbocycles. The third-order valence-electron chi connectivity index (χ3n) is 4.24. The fourth-order valence-electron chi connectivity index (χ4n) is 2.95. The molecule has 1 fully saturated rings. The zero-order valence-electron chi connectivity index (χ0n) is 13.0. The molecule has 4 heterocycles. The molecule has 7 heteroatoms. The molecule has 3 aromatic rings. The van der Waals surface area contributed by atoms with Gasteiger partial charge in [-0.05, 0) is 24.3 Å². The highest BCUT2D eigenvalue weighted by Crippen LogP contribution is 2.15. The minimum Gasteiger partial charge on any atom is -0.459 e. The van der Waals surface area contributed by atoms with E-state index in [1.807, 2.05) is 22.9 Å². The molecule has 0 saturated carbocycles. The SMILES string of the molecule is O=C(c1ccco1)N1CCN(C(=O)c2cccn3ccnc23)CC1. The molecule has 0 atom stereocenters. The molecule has 0 unspecified atom stereocenters. The van der Waals surface area contributed by atoms with Crippen LogP contribution in [0.15, 0.2) is 53.5 Å². The summed E-state index contributed by atoms with van der Waals surface area (Å²) in [5.74, 6) is 0.135. The zero-order chi connectivity index (χ0) is 16.5. The first-order valence-electron chi connectivity index (χ1n) is 7.78. The van der Waals surface area contributed by atoms with E-state index in [0.717, 1.165) is 0 Å². The van der Waals surface area contributed by atoms with Crippen molar-refractivity contribution in [3.05, 3.63) is 60.4 Å². The molecule has 0 radical (unpaired) electrons. The van der Waals surface area contributed by atoms with Crippen LogP contribution in [0.1, 0.15) is 20.9 Å². The summed E-state index contributed by atoms with van der Waals surface area (Å²) in [6, 6.07) is 6.96. The number of carbonyl (C=O) groups is 2. The van der Waals surface area contributed by atoms with Gasteiger partial charge in [-0.25, -0.2) is 4.98 Å². The number of nitrogens with zero attached hydrogens (tertiary/aromatic N) is 4. The third-order valence-corrected chi connectivity index (χ3v) is 4.24. The van der Waals surface area contributed by atoms with Gasteiger partial charge in [-0.2, -0.15) is 0 Å². The molecule has 0 aromatic carbocycles. The van der Waals surface area contributed by atoms with Gasteiger partial charge in [0.05, 0.1) is 11.8 Å². The smallest absolute Gasteiger partial charge is 0.289 e. The van der Waals surface area contributed by atoms with Crippen LogP contribution in [0.4, 0.5) is 0 Å². The van der Waals surface area contributed by atoms with Crippen molar-refractivity contribution < 1.29 is 14.0 Å². The van der Waals surface area contributed by atoms with Crippen LogP contribution in [0.5, 0.6) is 0 Å². The first-order chi connectivity index (χ1) is 11.7. The van der Waals surface area contributed by atoms with E-state index in [4.69, 9.17) is 4.42 Å². The number of fused-ring (bicyclic) bond motifs is 1. The highest BCUT2D eigenvalue weighted by atomic mass is 16.3. The number of carbonyl (C=O) groups excluding carboxylic acids is 2. The number of pyridine rings is 1. The molecule has 0 bridgehead atoms. The van der Waals surface area contributed by atoms with Gasteiger partial charge < -0.3 is 18.6 Å². The maximum atomic E-state index is 12.8. The Morgan fingerprint density at radius 1 is 0.958 bits per heavy atom. The normalized spacial score (nSPS) is 15.0. The van der Waals surface area contributed by atoms with Crippen molar-refractivity contribution in [1.82, 2.24) is 19.2 Å². The van der Waals surface area contributed by atoms with E-state index >= 15 is 0 Å². The summed E-state index contributed by atoms with van der Waals surface area (Å²) in [7, 11) is 0. The average molecular weight is 324 g/mol. The molecular weight excluding hydrogens is 308 g/mol. The summed E-state index contributed by atoms with van der Waals surface area (Å²) in [5.41, 5.74) is 1.23. The standard InChI is InChI=1S/C17H16N4O3/c22-16(13-3-1-6-19-7-5-18-15(13)19)20-8-10-21(11-9-20)17(23)14-4-2-12-24-14/h1-7,12H,8-11H2. The summed E-state index contributed by atoms with van der Waals surface area (Å²) < 4.78 is 6.97. The Bertz CT molecular complexity index is 876. The molecule has 2 amide bonds. The second-order valence-electron chi connectivity index (χ2n) is 5.64. The van der Waals surface area contributed by atoms with Crippen molar-refractivity contribution in [1.29, 1.82) is 0 Å². The van der Waals surface area contributed by atoms with Gasteiger partial charge in [0.2, 0.25) is 0 Å². The van der Waals surface area contributed by atoms with Crippen LogP contribution in [0.25, 0.3) is 5.65 Å². The number of rotatable bonds is 2. The van der Waals surface area contributed by atoms with Gasteiger partial charge in [0.15, 0.2) is 5.76 Å². The van der Waals surface area contributed by atoms with E-state index in [9.17, 15) is 9.59 Å². The first-order valence-corrected chi connectivity index (χ1v) is 7.78. The molecule has 3 aromatic heterocycles. The molecule has 24 heavy (non-hydrogen) atoms. The van der Waals surface area contributed by atoms with Gasteiger partial charge in [-0.1, -0.05) is 0 Å². The Kier molecular flexibility index (Phi) is 3.53.